The standard InChI is InChI=1S/C19H10ClFN4/c20-16-9-12(7-8-23-16)18-17(11-1-3-13(21)4-2-11)19-15(25-18)6-5-14(10-22)24-19/h1-9,25H. The predicted octanol–water partition coefficient (Wildman–Crippen LogP) is 4.96. The van der Waals surface area contributed by atoms with Crippen molar-refractivity contribution in [2.24, 2.45) is 0 Å². The van der Waals surface area contributed by atoms with Crippen molar-refractivity contribution in [3.63, 3.8) is 0 Å². The van der Waals surface area contributed by atoms with Gasteiger partial charge < -0.3 is 4.98 Å². The van der Waals surface area contributed by atoms with Crippen molar-refractivity contribution >= 4 is 22.6 Å². The number of halogens is 2. The molecule has 0 amide bonds. The van der Waals surface area contributed by atoms with E-state index in [4.69, 9.17) is 16.9 Å². The Labute approximate surface area is 147 Å². The maximum Gasteiger partial charge on any atom is 0.141 e. The van der Waals surface area contributed by atoms with Crippen LogP contribution in [0.5, 0.6) is 0 Å². The van der Waals surface area contributed by atoms with Gasteiger partial charge in [-0.05, 0) is 42.0 Å². The van der Waals surface area contributed by atoms with Crippen LogP contribution in [0.15, 0.2) is 54.7 Å². The molecule has 0 aliphatic carbocycles. The van der Waals surface area contributed by atoms with Gasteiger partial charge in [-0.3, -0.25) is 0 Å². The van der Waals surface area contributed by atoms with Crippen molar-refractivity contribution in [2.45, 2.75) is 0 Å². The van der Waals surface area contributed by atoms with Crippen LogP contribution >= 0.6 is 11.6 Å². The first kappa shape index (κ1) is 15.3. The summed E-state index contributed by atoms with van der Waals surface area (Å²) in [7, 11) is 0. The largest absolute Gasteiger partial charge is 0.353 e. The molecule has 0 saturated heterocycles. The Morgan fingerprint density at radius 3 is 2.56 bits per heavy atom. The topological polar surface area (TPSA) is 65.4 Å². The van der Waals surface area contributed by atoms with Crippen LogP contribution < -0.4 is 0 Å². The second kappa shape index (κ2) is 6.00. The summed E-state index contributed by atoms with van der Waals surface area (Å²) >= 11 is 6.03. The Balaban J connectivity index is 2.06. The smallest absolute Gasteiger partial charge is 0.141 e. The number of aromatic amines is 1. The van der Waals surface area contributed by atoms with Crippen molar-refractivity contribution in [3.8, 4) is 28.5 Å². The maximum atomic E-state index is 13.3. The number of hydrogen-bond donors (Lipinski definition) is 1. The van der Waals surface area contributed by atoms with E-state index >= 15 is 0 Å². The molecular formula is C19H10ClFN4. The minimum absolute atomic E-state index is 0.314. The van der Waals surface area contributed by atoms with E-state index < -0.39 is 0 Å². The Bertz CT molecular complexity index is 1130. The van der Waals surface area contributed by atoms with Gasteiger partial charge in [-0.25, -0.2) is 14.4 Å². The zero-order chi connectivity index (χ0) is 17.4. The van der Waals surface area contributed by atoms with E-state index in [9.17, 15) is 4.39 Å². The molecule has 0 fully saturated rings. The zero-order valence-electron chi connectivity index (χ0n) is 12.8. The molecule has 0 saturated carbocycles. The van der Waals surface area contributed by atoms with Gasteiger partial charge in [0.15, 0.2) is 0 Å². The van der Waals surface area contributed by atoms with Gasteiger partial charge in [0.2, 0.25) is 0 Å². The minimum atomic E-state index is -0.317. The highest BCUT2D eigenvalue weighted by Gasteiger charge is 2.17. The van der Waals surface area contributed by atoms with E-state index in [-0.39, 0.29) is 5.82 Å². The molecule has 4 nitrogen and oxygen atoms in total. The molecule has 0 atom stereocenters. The second-order valence-corrected chi connectivity index (χ2v) is 5.84. The van der Waals surface area contributed by atoms with Gasteiger partial charge in [0.05, 0.1) is 16.7 Å². The number of benzene rings is 1. The van der Waals surface area contributed by atoms with Gasteiger partial charge in [-0.15, -0.1) is 0 Å². The van der Waals surface area contributed by atoms with Crippen molar-refractivity contribution < 1.29 is 4.39 Å². The van der Waals surface area contributed by atoms with Gasteiger partial charge >= 0.3 is 0 Å². The fraction of sp³-hybridized carbons (Fsp3) is 0. The lowest BCUT2D eigenvalue weighted by molar-refractivity contribution is 0.628. The van der Waals surface area contributed by atoms with Gasteiger partial charge in [0.1, 0.15) is 22.7 Å². The summed E-state index contributed by atoms with van der Waals surface area (Å²) in [6.45, 7) is 0. The number of nitrogens with zero attached hydrogens (tertiary/aromatic N) is 3. The van der Waals surface area contributed by atoms with Gasteiger partial charge in [0.25, 0.3) is 0 Å². The highest BCUT2D eigenvalue weighted by atomic mass is 35.5. The van der Waals surface area contributed by atoms with Gasteiger partial charge in [-0.1, -0.05) is 23.7 Å². The van der Waals surface area contributed by atoms with E-state index in [0.29, 0.717) is 16.4 Å². The normalized spacial score (nSPS) is 10.8. The maximum absolute atomic E-state index is 13.3. The highest BCUT2D eigenvalue weighted by Crippen LogP contribution is 2.37. The number of pyridine rings is 2. The number of fused-ring (bicyclic) bond motifs is 1. The zero-order valence-corrected chi connectivity index (χ0v) is 13.5. The summed E-state index contributed by atoms with van der Waals surface area (Å²) in [6, 6.07) is 15.2. The van der Waals surface area contributed by atoms with Crippen LogP contribution in [-0.2, 0) is 0 Å². The molecule has 0 radical (unpaired) electrons. The van der Waals surface area contributed by atoms with Crippen LogP contribution in [-0.4, -0.2) is 15.0 Å². The van der Waals surface area contributed by atoms with E-state index in [1.807, 2.05) is 12.1 Å². The lowest BCUT2D eigenvalue weighted by Crippen LogP contribution is -1.86. The average Bonchev–Trinajstić information content (AvgIpc) is 3.01. The quantitative estimate of drug-likeness (QED) is 0.521. The molecule has 120 valence electrons. The van der Waals surface area contributed by atoms with Crippen LogP contribution in [0.1, 0.15) is 5.69 Å². The SMILES string of the molecule is N#Cc1ccc2[nH]c(-c3ccnc(Cl)c3)c(-c3ccc(F)cc3)c2n1. The third-order valence-corrected chi connectivity index (χ3v) is 4.11. The van der Waals surface area contributed by atoms with E-state index in [1.54, 1.807) is 36.5 Å². The number of nitriles is 1. The Kier molecular flexibility index (Phi) is 3.68. The van der Waals surface area contributed by atoms with E-state index in [1.165, 1.54) is 12.1 Å². The molecule has 1 N–H and O–H groups in total. The van der Waals surface area contributed by atoms with Crippen LogP contribution in [0.25, 0.3) is 33.4 Å². The fourth-order valence-corrected chi connectivity index (χ4v) is 2.97. The molecule has 25 heavy (non-hydrogen) atoms. The second-order valence-electron chi connectivity index (χ2n) is 5.45. The molecule has 1 aromatic carbocycles. The summed E-state index contributed by atoms with van der Waals surface area (Å²) in [6.07, 6.45) is 1.62. The van der Waals surface area contributed by atoms with Crippen molar-refractivity contribution in [3.05, 3.63) is 71.4 Å². The lowest BCUT2D eigenvalue weighted by atomic mass is 10.0. The van der Waals surface area contributed by atoms with E-state index in [0.717, 1.165) is 27.9 Å². The molecule has 0 unspecified atom stereocenters. The van der Waals surface area contributed by atoms with Crippen molar-refractivity contribution in [1.82, 2.24) is 15.0 Å². The Hall–Kier alpha value is -3.23. The van der Waals surface area contributed by atoms with Crippen molar-refractivity contribution in [2.75, 3.05) is 0 Å². The first-order valence-electron chi connectivity index (χ1n) is 7.46. The van der Waals surface area contributed by atoms with Crippen molar-refractivity contribution in [1.29, 1.82) is 5.26 Å². The average molecular weight is 349 g/mol. The summed E-state index contributed by atoms with van der Waals surface area (Å²) in [5.41, 5.74) is 4.93. The third kappa shape index (κ3) is 2.73. The molecule has 0 aliphatic rings. The number of aromatic nitrogens is 3. The number of hydrogen-bond acceptors (Lipinski definition) is 3. The van der Waals surface area contributed by atoms with Gasteiger partial charge in [0, 0.05) is 17.3 Å². The monoisotopic (exact) mass is 348 g/mol. The fourth-order valence-electron chi connectivity index (χ4n) is 2.80. The molecule has 0 bridgehead atoms. The number of H-pyrrole nitrogens is 1. The minimum Gasteiger partial charge on any atom is -0.353 e. The summed E-state index contributed by atoms with van der Waals surface area (Å²) in [4.78, 5) is 11.8. The molecule has 6 heteroatoms. The number of nitrogens with one attached hydrogen (secondary N) is 1. The molecule has 0 aliphatic heterocycles. The highest BCUT2D eigenvalue weighted by molar-refractivity contribution is 6.29. The summed E-state index contributed by atoms with van der Waals surface area (Å²) in [5, 5.41) is 9.52. The summed E-state index contributed by atoms with van der Waals surface area (Å²) < 4.78 is 13.3. The third-order valence-electron chi connectivity index (χ3n) is 3.90. The first-order chi connectivity index (χ1) is 12.2. The van der Waals surface area contributed by atoms with Crippen LogP contribution in [0.4, 0.5) is 4.39 Å². The molecule has 0 spiro atoms. The Morgan fingerprint density at radius 2 is 1.84 bits per heavy atom. The molecular weight excluding hydrogens is 339 g/mol. The lowest BCUT2D eigenvalue weighted by Gasteiger charge is -2.06. The molecule has 4 aromatic rings. The Morgan fingerprint density at radius 1 is 1.04 bits per heavy atom. The molecule has 4 rings (SSSR count). The predicted molar refractivity (Wildman–Crippen MR) is 94.4 cm³/mol. The first-order valence-corrected chi connectivity index (χ1v) is 7.84. The van der Waals surface area contributed by atoms with Gasteiger partial charge in [-0.2, -0.15) is 5.26 Å². The number of rotatable bonds is 2. The van der Waals surface area contributed by atoms with Crippen LogP contribution in [0, 0.1) is 17.1 Å². The molecule has 3 aromatic heterocycles. The molecule has 3 heterocycles. The summed E-state index contributed by atoms with van der Waals surface area (Å²) in [5.74, 6) is -0.317. The van der Waals surface area contributed by atoms with E-state index in [2.05, 4.69) is 15.0 Å². The van der Waals surface area contributed by atoms with Crippen LogP contribution in [0.3, 0.4) is 0 Å². The van der Waals surface area contributed by atoms with Crippen LogP contribution in [0.2, 0.25) is 5.15 Å².